The molecule has 0 atom stereocenters. The topological polar surface area (TPSA) is 17.1 Å². The number of ketones is 1. The number of carbonyl (C=O) groups excluding carboxylic acids is 1. The Labute approximate surface area is 122 Å². The third-order valence-corrected chi connectivity index (χ3v) is 3.49. The van der Waals surface area contributed by atoms with Gasteiger partial charge in [-0.3, -0.25) is 4.79 Å². The smallest absolute Gasteiger partial charge is 0.294 e. The maximum atomic E-state index is 12.8. The first-order valence-corrected chi connectivity index (χ1v) is 6.61. The molecular weight excluding hydrogens is 333 g/mol. The maximum Gasteiger partial charge on any atom is 0.417 e. The Balaban J connectivity index is 2.27. The monoisotopic (exact) mass is 342 g/mol. The van der Waals surface area contributed by atoms with Crippen LogP contribution in [0.3, 0.4) is 0 Å². The predicted molar refractivity (Wildman–Crippen MR) is 73.6 cm³/mol. The van der Waals surface area contributed by atoms with Crippen molar-refractivity contribution in [2.45, 2.75) is 12.6 Å². The maximum absolute atomic E-state index is 12.8. The zero-order valence-electron chi connectivity index (χ0n) is 10.2. The van der Waals surface area contributed by atoms with Gasteiger partial charge in [0.05, 0.1) is 5.56 Å². The van der Waals surface area contributed by atoms with Gasteiger partial charge in [0.25, 0.3) is 0 Å². The number of hydrogen-bond donors (Lipinski definition) is 0. The second-order valence-corrected chi connectivity index (χ2v) is 5.13. The van der Waals surface area contributed by atoms with E-state index in [4.69, 9.17) is 0 Å². The van der Waals surface area contributed by atoms with Crippen molar-refractivity contribution >= 4 is 21.7 Å². The molecule has 0 saturated heterocycles. The van der Waals surface area contributed by atoms with E-state index in [-0.39, 0.29) is 22.2 Å². The third-order valence-electron chi connectivity index (χ3n) is 2.80. The molecule has 0 saturated carbocycles. The fourth-order valence-electron chi connectivity index (χ4n) is 1.80. The Morgan fingerprint density at radius 3 is 2.30 bits per heavy atom. The van der Waals surface area contributed by atoms with Crippen LogP contribution in [0.2, 0.25) is 0 Å². The van der Waals surface area contributed by atoms with Crippen molar-refractivity contribution in [1.82, 2.24) is 0 Å². The Kier molecular flexibility index (Phi) is 4.28. The van der Waals surface area contributed by atoms with Crippen molar-refractivity contribution in [2.75, 3.05) is 0 Å². The van der Waals surface area contributed by atoms with Gasteiger partial charge in [0.1, 0.15) is 0 Å². The first-order valence-electron chi connectivity index (χ1n) is 5.82. The fraction of sp³-hybridized carbons (Fsp3) is 0.133. The van der Waals surface area contributed by atoms with E-state index in [1.807, 2.05) is 6.07 Å². The van der Waals surface area contributed by atoms with Gasteiger partial charge in [0.15, 0.2) is 5.78 Å². The predicted octanol–water partition coefficient (Wildman–Crippen LogP) is 4.89. The number of halogens is 4. The van der Waals surface area contributed by atoms with E-state index >= 15 is 0 Å². The zero-order valence-corrected chi connectivity index (χ0v) is 11.8. The third kappa shape index (κ3) is 3.48. The Bertz CT molecular complexity index is 621. The number of hydrogen-bond acceptors (Lipinski definition) is 1. The highest BCUT2D eigenvalue weighted by molar-refractivity contribution is 9.10. The second-order valence-electron chi connectivity index (χ2n) is 4.28. The number of rotatable bonds is 3. The summed E-state index contributed by atoms with van der Waals surface area (Å²) >= 11 is 2.85. The van der Waals surface area contributed by atoms with Crippen LogP contribution in [0.1, 0.15) is 21.5 Å². The molecule has 2 aromatic rings. The van der Waals surface area contributed by atoms with Gasteiger partial charge in [-0.15, -0.1) is 0 Å². The van der Waals surface area contributed by atoms with Gasteiger partial charge in [0.2, 0.25) is 0 Å². The Morgan fingerprint density at radius 2 is 1.70 bits per heavy atom. The lowest BCUT2D eigenvalue weighted by Gasteiger charge is -2.10. The molecule has 0 spiro atoms. The van der Waals surface area contributed by atoms with Crippen LogP contribution >= 0.6 is 15.9 Å². The van der Waals surface area contributed by atoms with Crippen LogP contribution in [0.25, 0.3) is 0 Å². The average molecular weight is 343 g/mol. The minimum Gasteiger partial charge on any atom is -0.294 e. The molecule has 2 rings (SSSR count). The van der Waals surface area contributed by atoms with Crippen molar-refractivity contribution in [1.29, 1.82) is 0 Å². The van der Waals surface area contributed by atoms with Crippen molar-refractivity contribution in [3.05, 3.63) is 69.7 Å². The van der Waals surface area contributed by atoms with Gasteiger partial charge < -0.3 is 0 Å². The van der Waals surface area contributed by atoms with Crippen molar-refractivity contribution in [3.63, 3.8) is 0 Å². The lowest BCUT2D eigenvalue weighted by atomic mass is 10.0. The van der Waals surface area contributed by atoms with Crippen LogP contribution in [-0.4, -0.2) is 5.78 Å². The summed E-state index contributed by atoms with van der Waals surface area (Å²) < 4.78 is 38.3. The average Bonchev–Trinajstić information content (AvgIpc) is 2.39. The lowest BCUT2D eigenvalue weighted by Crippen LogP contribution is -2.10. The van der Waals surface area contributed by atoms with Crippen LogP contribution in [0.15, 0.2) is 53.0 Å². The molecule has 20 heavy (non-hydrogen) atoms. The molecule has 2 aromatic carbocycles. The molecule has 0 unspecified atom stereocenters. The van der Waals surface area contributed by atoms with E-state index in [0.717, 1.165) is 11.6 Å². The van der Waals surface area contributed by atoms with Gasteiger partial charge in [-0.1, -0.05) is 52.3 Å². The number of carbonyl (C=O) groups is 1. The first-order chi connectivity index (χ1) is 9.38. The van der Waals surface area contributed by atoms with Crippen molar-refractivity contribution in [2.24, 2.45) is 0 Å². The molecule has 5 heteroatoms. The van der Waals surface area contributed by atoms with Crippen LogP contribution in [-0.2, 0) is 12.6 Å². The normalized spacial score (nSPS) is 11.4. The van der Waals surface area contributed by atoms with E-state index in [1.165, 1.54) is 12.1 Å². The van der Waals surface area contributed by atoms with E-state index in [9.17, 15) is 18.0 Å². The van der Waals surface area contributed by atoms with E-state index in [1.54, 1.807) is 24.3 Å². The SMILES string of the molecule is O=C(Cc1ccccc1)c1ccc(Br)c(C(F)(F)F)c1. The largest absolute Gasteiger partial charge is 0.417 e. The molecule has 0 aliphatic carbocycles. The van der Waals surface area contributed by atoms with E-state index in [2.05, 4.69) is 15.9 Å². The molecule has 104 valence electrons. The van der Waals surface area contributed by atoms with E-state index in [0.29, 0.717) is 0 Å². The molecule has 1 nitrogen and oxygen atoms in total. The van der Waals surface area contributed by atoms with Crippen LogP contribution < -0.4 is 0 Å². The number of Topliss-reactive ketones (excluding diaryl/α,β-unsaturated/α-hetero) is 1. The molecule has 0 N–H and O–H groups in total. The number of benzene rings is 2. The molecule has 0 aliphatic rings. The van der Waals surface area contributed by atoms with Crippen LogP contribution in [0.4, 0.5) is 13.2 Å². The highest BCUT2D eigenvalue weighted by Gasteiger charge is 2.33. The molecule has 0 amide bonds. The van der Waals surface area contributed by atoms with Gasteiger partial charge in [-0.25, -0.2) is 0 Å². The molecule has 0 heterocycles. The summed E-state index contributed by atoms with van der Waals surface area (Å²) in [6.07, 6.45) is -4.40. The van der Waals surface area contributed by atoms with Gasteiger partial charge >= 0.3 is 6.18 Å². The number of alkyl halides is 3. The van der Waals surface area contributed by atoms with Crippen molar-refractivity contribution in [3.8, 4) is 0 Å². The quantitative estimate of drug-likeness (QED) is 0.725. The first kappa shape index (κ1) is 14.8. The Morgan fingerprint density at radius 1 is 1.05 bits per heavy atom. The zero-order chi connectivity index (χ0) is 14.8. The standard InChI is InChI=1S/C15H10BrF3O/c16-13-7-6-11(9-12(13)15(17,18)19)14(20)8-10-4-2-1-3-5-10/h1-7,9H,8H2. The highest BCUT2D eigenvalue weighted by Crippen LogP contribution is 2.35. The molecule has 0 fully saturated rings. The Hall–Kier alpha value is -1.62. The summed E-state index contributed by atoms with van der Waals surface area (Å²) in [4.78, 5) is 12.0. The molecule has 0 aliphatic heterocycles. The summed E-state index contributed by atoms with van der Waals surface area (Å²) in [5.41, 5.74) is -0.00485. The molecular formula is C15H10BrF3O. The summed E-state index contributed by atoms with van der Waals surface area (Å²) in [6, 6.07) is 12.4. The van der Waals surface area contributed by atoms with Gasteiger partial charge in [-0.05, 0) is 17.7 Å². The summed E-state index contributed by atoms with van der Waals surface area (Å²) in [6.45, 7) is 0. The molecule has 0 aromatic heterocycles. The lowest BCUT2D eigenvalue weighted by molar-refractivity contribution is -0.138. The van der Waals surface area contributed by atoms with Crippen LogP contribution in [0.5, 0.6) is 0 Å². The van der Waals surface area contributed by atoms with Crippen molar-refractivity contribution < 1.29 is 18.0 Å². The van der Waals surface area contributed by atoms with Gasteiger partial charge in [0, 0.05) is 16.5 Å². The van der Waals surface area contributed by atoms with Gasteiger partial charge in [-0.2, -0.15) is 13.2 Å². The summed E-state index contributed by atoms with van der Waals surface area (Å²) in [5.74, 6) is -0.339. The highest BCUT2D eigenvalue weighted by atomic mass is 79.9. The molecule has 0 radical (unpaired) electrons. The summed E-state index contributed by atoms with van der Waals surface area (Å²) in [7, 11) is 0. The minimum absolute atomic E-state index is 0.0596. The fourth-order valence-corrected chi connectivity index (χ4v) is 2.27. The minimum atomic E-state index is -4.48. The van der Waals surface area contributed by atoms with E-state index < -0.39 is 11.7 Å². The molecule has 0 bridgehead atoms. The van der Waals surface area contributed by atoms with Crippen LogP contribution in [0, 0.1) is 0 Å². The summed E-state index contributed by atoms with van der Waals surface area (Å²) in [5, 5.41) is 0. The second kappa shape index (κ2) is 5.79.